The monoisotopic (exact) mass is 260 g/mol. The first-order valence-electron chi connectivity index (χ1n) is 5.63. The van der Waals surface area contributed by atoms with Crippen LogP contribution in [0.5, 0.6) is 0 Å². The predicted octanol–water partition coefficient (Wildman–Crippen LogP) is 2.28. The fourth-order valence-electron chi connectivity index (χ4n) is 1.79. The van der Waals surface area contributed by atoms with Gasteiger partial charge in [-0.05, 0) is 12.1 Å². The molecule has 1 aliphatic heterocycles. The minimum atomic E-state index is -0.00338. The molecule has 1 unspecified atom stereocenters. The molecule has 2 aromatic rings. The Labute approximate surface area is 108 Å². The lowest BCUT2D eigenvalue weighted by Gasteiger charge is -2.10. The first-order chi connectivity index (χ1) is 8.81. The fraction of sp³-hybridized carbons (Fsp3) is 0.167. The van der Waals surface area contributed by atoms with Gasteiger partial charge in [0.25, 0.3) is 0 Å². The zero-order chi connectivity index (χ0) is 12.4. The van der Waals surface area contributed by atoms with E-state index in [4.69, 9.17) is 0 Å². The second kappa shape index (κ2) is 4.73. The highest BCUT2D eigenvalue weighted by Gasteiger charge is 2.25. The first-order valence-corrected chi connectivity index (χ1v) is 6.51. The molecule has 5 nitrogen and oxygen atoms in total. The summed E-state index contributed by atoms with van der Waals surface area (Å²) in [6, 6.07) is 9.45. The van der Waals surface area contributed by atoms with Crippen molar-refractivity contribution in [2.45, 2.75) is 16.8 Å². The Balaban J connectivity index is 1.55. The third-order valence-corrected chi connectivity index (χ3v) is 3.69. The first kappa shape index (κ1) is 11.2. The standard InChI is InChI=1S/C12H12N4OS/c17-9(15-8-4-2-1-3-5-8)6-10-16-11-12(18-10)14-7-13-11/h1-5,7,10,16H,6H2,(H,13,14)(H,15,17). The molecule has 1 atom stereocenters. The summed E-state index contributed by atoms with van der Waals surface area (Å²) in [5.74, 6) is 0.897. The van der Waals surface area contributed by atoms with E-state index < -0.39 is 0 Å². The number of carbonyl (C=O) groups excluding carboxylic acids is 1. The zero-order valence-corrected chi connectivity index (χ0v) is 10.3. The summed E-state index contributed by atoms with van der Waals surface area (Å²) in [4.78, 5) is 19.0. The van der Waals surface area contributed by atoms with Crippen molar-refractivity contribution in [1.82, 2.24) is 9.97 Å². The number of benzene rings is 1. The number of aromatic nitrogens is 2. The van der Waals surface area contributed by atoms with Crippen LogP contribution in [0.25, 0.3) is 0 Å². The maximum Gasteiger partial charge on any atom is 0.227 e. The van der Waals surface area contributed by atoms with Crippen molar-refractivity contribution < 1.29 is 4.79 Å². The molecule has 3 N–H and O–H groups in total. The van der Waals surface area contributed by atoms with Crippen LogP contribution in [0.4, 0.5) is 11.5 Å². The van der Waals surface area contributed by atoms with Crippen LogP contribution in [-0.2, 0) is 4.79 Å². The van der Waals surface area contributed by atoms with Crippen LogP contribution in [-0.4, -0.2) is 21.2 Å². The number of para-hydroxylation sites is 1. The number of fused-ring (bicyclic) bond motifs is 1. The molecular weight excluding hydrogens is 248 g/mol. The van der Waals surface area contributed by atoms with Gasteiger partial charge < -0.3 is 15.6 Å². The van der Waals surface area contributed by atoms with Crippen molar-refractivity contribution in [3.8, 4) is 0 Å². The van der Waals surface area contributed by atoms with Gasteiger partial charge in [-0.3, -0.25) is 4.79 Å². The third-order valence-electron chi connectivity index (χ3n) is 2.59. The van der Waals surface area contributed by atoms with E-state index in [0.29, 0.717) is 6.42 Å². The number of H-pyrrole nitrogens is 1. The molecule has 2 heterocycles. The minimum Gasteiger partial charge on any atom is -0.357 e. The number of aromatic amines is 1. The Morgan fingerprint density at radius 2 is 2.22 bits per heavy atom. The molecule has 18 heavy (non-hydrogen) atoms. The minimum absolute atomic E-state index is 0.00338. The van der Waals surface area contributed by atoms with Gasteiger partial charge in [0.15, 0.2) is 0 Å². The summed E-state index contributed by atoms with van der Waals surface area (Å²) in [7, 11) is 0. The van der Waals surface area contributed by atoms with Gasteiger partial charge in [0.1, 0.15) is 10.8 Å². The van der Waals surface area contributed by atoms with Gasteiger partial charge >= 0.3 is 0 Å². The third kappa shape index (κ3) is 2.33. The highest BCUT2D eigenvalue weighted by atomic mass is 32.2. The summed E-state index contributed by atoms with van der Waals surface area (Å²) in [6.07, 6.45) is 2.05. The molecule has 3 rings (SSSR count). The van der Waals surface area contributed by atoms with Gasteiger partial charge in [0, 0.05) is 5.69 Å². The summed E-state index contributed by atoms with van der Waals surface area (Å²) in [5.41, 5.74) is 0.821. The number of anilines is 2. The van der Waals surface area contributed by atoms with E-state index >= 15 is 0 Å². The fourth-order valence-corrected chi connectivity index (χ4v) is 2.82. The lowest BCUT2D eigenvalue weighted by atomic mass is 10.3. The molecule has 0 radical (unpaired) electrons. The molecule has 0 aliphatic carbocycles. The molecule has 0 bridgehead atoms. The normalized spacial score (nSPS) is 17.0. The van der Waals surface area contributed by atoms with Crippen LogP contribution < -0.4 is 10.6 Å². The number of carbonyl (C=O) groups is 1. The van der Waals surface area contributed by atoms with Crippen molar-refractivity contribution in [1.29, 1.82) is 0 Å². The maximum atomic E-state index is 11.8. The number of hydrogen-bond acceptors (Lipinski definition) is 4. The number of hydrogen-bond donors (Lipinski definition) is 3. The van der Waals surface area contributed by atoms with E-state index in [1.165, 1.54) is 0 Å². The lowest BCUT2D eigenvalue weighted by molar-refractivity contribution is -0.116. The smallest absolute Gasteiger partial charge is 0.227 e. The average Bonchev–Trinajstić information content (AvgIpc) is 2.90. The summed E-state index contributed by atoms with van der Waals surface area (Å²) >= 11 is 1.57. The molecule has 6 heteroatoms. The number of rotatable bonds is 3. The van der Waals surface area contributed by atoms with Crippen molar-refractivity contribution in [2.24, 2.45) is 0 Å². The molecule has 0 saturated carbocycles. The molecule has 1 aromatic carbocycles. The van der Waals surface area contributed by atoms with Gasteiger partial charge in [-0.25, -0.2) is 4.98 Å². The Morgan fingerprint density at radius 3 is 3.00 bits per heavy atom. The highest BCUT2D eigenvalue weighted by molar-refractivity contribution is 8.00. The Morgan fingerprint density at radius 1 is 1.39 bits per heavy atom. The van der Waals surface area contributed by atoms with E-state index in [-0.39, 0.29) is 11.3 Å². The second-order valence-corrected chi connectivity index (χ2v) is 5.14. The van der Waals surface area contributed by atoms with E-state index in [9.17, 15) is 4.79 Å². The van der Waals surface area contributed by atoms with Gasteiger partial charge in [-0.1, -0.05) is 30.0 Å². The summed E-state index contributed by atoms with van der Waals surface area (Å²) in [6.45, 7) is 0. The van der Waals surface area contributed by atoms with E-state index in [0.717, 1.165) is 16.5 Å². The molecular formula is C12H12N4OS. The maximum absolute atomic E-state index is 11.8. The molecule has 92 valence electrons. The Hall–Kier alpha value is -1.95. The van der Waals surface area contributed by atoms with E-state index in [1.54, 1.807) is 18.1 Å². The molecule has 1 aliphatic rings. The summed E-state index contributed by atoms with van der Waals surface area (Å²) < 4.78 is 0. The molecule has 0 fully saturated rings. The number of thioether (sulfide) groups is 1. The number of amides is 1. The SMILES string of the molecule is O=C(CC1Nc2[nH]cnc2S1)Nc1ccccc1. The van der Waals surface area contributed by atoms with Gasteiger partial charge in [0.05, 0.1) is 18.1 Å². The second-order valence-electron chi connectivity index (χ2n) is 3.95. The Kier molecular flexibility index (Phi) is 2.93. The van der Waals surface area contributed by atoms with Crippen molar-refractivity contribution in [3.63, 3.8) is 0 Å². The van der Waals surface area contributed by atoms with Gasteiger partial charge in [0.2, 0.25) is 5.91 Å². The van der Waals surface area contributed by atoms with Gasteiger partial charge in [-0.2, -0.15) is 0 Å². The molecule has 0 spiro atoms. The van der Waals surface area contributed by atoms with Crippen LogP contribution in [0, 0.1) is 0 Å². The summed E-state index contributed by atoms with van der Waals surface area (Å²) in [5, 5.41) is 7.05. The molecule has 0 saturated heterocycles. The van der Waals surface area contributed by atoms with Crippen LogP contribution in [0.3, 0.4) is 0 Å². The number of nitrogens with one attached hydrogen (secondary N) is 3. The number of imidazole rings is 1. The number of nitrogens with zero attached hydrogens (tertiary/aromatic N) is 1. The predicted molar refractivity (Wildman–Crippen MR) is 71.5 cm³/mol. The van der Waals surface area contributed by atoms with E-state index in [1.807, 2.05) is 30.3 Å². The van der Waals surface area contributed by atoms with E-state index in [2.05, 4.69) is 20.6 Å². The van der Waals surface area contributed by atoms with Crippen molar-refractivity contribution >= 4 is 29.2 Å². The lowest BCUT2D eigenvalue weighted by Crippen LogP contribution is -2.21. The Bertz CT molecular complexity index is 534. The average molecular weight is 260 g/mol. The molecule has 1 amide bonds. The topological polar surface area (TPSA) is 69.8 Å². The molecule has 1 aromatic heterocycles. The quantitative estimate of drug-likeness (QED) is 0.792. The van der Waals surface area contributed by atoms with Crippen molar-refractivity contribution in [2.75, 3.05) is 10.6 Å². The van der Waals surface area contributed by atoms with Crippen molar-refractivity contribution in [3.05, 3.63) is 36.7 Å². The van der Waals surface area contributed by atoms with Crippen LogP contribution >= 0.6 is 11.8 Å². The van der Waals surface area contributed by atoms with Crippen LogP contribution in [0.1, 0.15) is 6.42 Å². The largest absolute Gasteiger partial charge is 0.357 e. The van der Waals surface area contributed by atoms with Crippen LogP contribution in [0.2, 0.25) is 0 Å². The zero-order valence-electron chi connectivity index (χ0n) is 9.51. The highest BCUT2D eigenvalue weighted by Crippen LogP contribution is 2.36. The van der Waals surface area contributed by atoms with Crippen LogP contribution in [0.15, 0.2) is 41.7 Å². The van der Waals surface area contributed by atoms with Gasteiger partial charge in [-0.15, -0.1) is 0 Å².